The lowest BCUT2D eigenvalue weighted by Crippen LogP contribution is -2.28. The molecular weight excluding hydrogens is 462 g/mol. The molecule has 0 bridgehead atoms. The molecule has 3 aromatic carbocycles. The Kier molecular flexibility index (Phi) is 5.14. The van der Waals surface area contributed by atoms with Crippen LogP contribution in [-0.2, 0) is 6.54 Å². The van der Waals surface area contributed by atoms with Gasteiger partial charge < -0.3 is 23.7 Å². The molecule has 2 aromatic heterocycles. The minimum atomic E-state index is -1.35. The second-order valence-electron chi connectivity index (χ2n) is 8.39. The van der Waals surface area contributed by atoms with E-state index in [0.29, 0.717) is 58.1 Å². The molecular formula is C28H21NO7. The summed E-state index contributed by atoms with van der Waals surface area (Å²) in [6.45, 7) is 0.910. The lowest BCUT2D eigenvalue weighted by atomic mass is 9.98. The predicted molar refractivity (Wildman–Crippen MR) is 133 cm³/mol. The Morgan fingerprint density at radius 1 is 1.00 bits per heavy atom. The minimum Gasteiger partial charge on any atom is -0.496 e. The Balaban J connectivity index is 1.71. The van der Waals surface area contributed by atoms with E-state index < -0.39 is 11.5 Å². The number of hydrogen-bond acceptors (Lipinski definition) is 6. The molecule has 36 heavy (non-hydrogen) atoms. The van der Waals surface area contributed by atoms with Crippen LogP contribution in [0.1, 0.15) is 15.9 Å². The van der Waals surface area contributed by atoms with Crippen LogP contribution >= 0.6 is 0 Å². The van der Waals surface area contributed by atoms with E-state index in [0.717, 1.165) is 5.56 Å². The van der Waals surface area contributed by atoms with Crippen molar-refractivity contribution in [3.8, 4) is 28.4 Å². The summed E-state index contributed by atoms with van der Waals surface area (Å²) in [5.74, 6) is 0.295. The topological polar surface area (TPSA) is 100 Å². The molecule has 0 fully saturated rings. The molecule has 0 aliphatic carbocycles. The highest BCUT2D eigenvalue weighted by Crippen LogP contribution is 2.41. The van der Waals surface area contributed by atoms with Gasteiger partial charge in [-0.1, -0.05) is 36.4 Å². The van der Waals surface area contributed by atoms with Crippen LogP contribution in [-0.4, -0.2) is 36.0 Å². The maximum Gasteiger partial charge on any atom is 0.342 e. The number of aromatic nitrogens is 1. The van der Waals surface area contributed by atoms with Gasteiger partial charge in [0.25, 0.3) is 5.56 Å². The van der Waals surface area contributed by atoms with Crippen molar-refractivity contribution in [2.75, 3.05) is 20.3 Å². The average Bonchev–Trinajstić information content (AvgIpc) is 3.29. The van der Waals surface area contributed by atoms with E-state index in [9.17, 15) is 14.7 Å². The quantitative estimate of drug-likeness (QED) is 0.378. The number of carbonyl (C=O) groups is 1. The van der Waals surface area contributed by atoms with Gasteiger partial charge in [-0.15, -0.1) is 0 Å². The van der Waals surface area contributed by atoms with E-state index in [1.807, 2.05) is 36.4 Å². The third-order valence-corrected chi connectivity index (χ3v) is 6.34. The molecule has 0 saturated carbocycles. The van der Waals surface area contributed by atoms with Crippen molar-refractivity contribution in [1.29, 1.82) is 0 Å². The summed E-state index contributed by atoms with van der Waals surface area (Å²) in [4.78, 5) is 26.5. The van der Waals surface area contributed by atoms with Crippen LogP contribution in [0.2, 0.25) is 0 Å². The third-order valence-electron chi connectivity index (χ3n) is 6.34. The van der Waals surface area contributed by atoms with Gasteiger partial charge in [-0.2, -0.15) is 0 Å². The Bertz CT molecular complexity index is 1710. The van der Waals surface area contributed by atoms with Crippen LogP contribution in [0.25, 0.3) is 33.2 Å². The average molecular weight is 483 g/mol. The fraction of sp³-hybridized carbons (Fsp3) is 0.143. The van der Waals surface area contributed by atoms with Gasteiger partial charge in [0.1, 0.15) is 30.1 Å². The monoisotopic (exact) mass is 483 g/mol. The van der Waals surface area contributed by atoms with Crippen molar-refractivity contribution >= 4 is 28.0 Å². The number of nitrogens with zero attached hydrogens (tertiary/aromatic N) is 1. The maximum absolute atomic E-state index is 13.9. The number of fused-ring (bicyclic) bond motifs is 4. The van der Waals surface area contributed by atoms with Crippen LogP contribution in [0.3, 0.4) is 0 Å². The van der Waals surface area contributed by atoms with Gasteiger partial charge in [0.2, 0.25) is 0 Å². The number of methoxy groups -OCH3 is 1. The fourth-order valence-electron chi connectivity index (χ4n) is 4.75. The largest absolute Gasteiger partial charge is 0.496 e. The smallest absolute Gasteiger partial charge is 0.342 e. The molecule has 0 radical (unpaired) electrons. The summed E-state index contributed by atoms with van der Waals surface area (Å²) in [5.41, 5.74) is 1.76. The van der Waals surface area contributed by atoms with E-state index in [2.05, 4.69) is 0 Å². The summed E-state index contributed by atoms with van der Waals surface area (Å²) >= 11 is 0. The zero-order chi connectivity index (χ0) is 24.8. The molecule has 6 rings (SSSR count). The van der Waals surface area contributed by atoms with Crippen LogP contribution in [0.5, 0.6) is 17.2 Å². The van der Waals surface area contributed by atoms with E-state index in [4.69, 9.17) is 18.6 Å². The summed E-state index contributed by atoms with van der Waals surface area (Å²) in [5, 5.41) is 10.9. The lowest BCUT2D eigenvalue weighted by Gasteiger charge is -2.20. The first-order valence-corrected chi connectivity index (χ1v) is 11.4. The number of pyridine rings is 1. The summed E-state index contributed by atoms with van der Waals surface area (Å²) in [6, 6.07) is 19.8. The zero-order valence-electron chi connectivity index (χ0n) is 19.3. The number of hydrogen-bond donors (Lipinski definition) is 1. The highest BCUT2D eigenvalue weighted by molar-refractivity contribution is 6.12. The Morgan fingerprint density at radius 3 is 2.56 bits per heavy atom. The summed E-state index contributed by atoms with van der Waals surface area (Å²) in [7, 11) is 1.55. The number of ether oxygens (including phenoxy) is 3. The van der Waals surface area contributed by atoms with Crippen molar-refractivity contribution in [3.05, 3.63) is 88.2 Å². The Morgan fingerprint density at radius 2 is 1.75 bits per heavy atom. The van der Waals surface area contributed by atoms with E-state index in [1.54, 1.807) is 37.4 Å². The van der Waals surface area contributed by atoms with Gasteiger partial charge in [0, 0.05) is 16.5 Å². The summed E-state index contributed by atoms with van der Waals surface area (Å²) < 4.78 is 24.5. The third kappa shape index (κ3) is 3.38. The fourth-order valence-corrected chi connectivity index (χ4v) is 4.75. The molecule has 180 valence electrons. The second kappa shape index (κ2) is 8.49. The molecule has 3 heterocycles. The molecule has 0 unspecified atom stereocenters. The second-order valence-corrected chi connectivity index (χ2v) is 8.39. The first kappa shape index (κ1) is 21.8. The molecule has 1 N–H and O–H groups in total. The molecule has 0 spiro atoms. The number of aromatic carboxylic acids is 1. The van der Waals surface area contributed by atoms with Crippen molar-refractivity contribution in [2.45, 2.75) is 6.54 Å². The van der Waals surface area contributed by atoms with Crippen LogP contribution in [0.4, 0.5) is 0 Å². The Labute approximate surface area is 204 Å². The number of rotatable bonds is 5. The number of para-hydroxylation sites is 2. The van der Waals surface area contributed by atoms with Crippen LogP contribution < -0.4 is 19.8 Å². The molecule has 5 aromatic rings. The number of furan rings is 1. The van der Waals surface area contributed by atoms with Gasteiger partial charge in [0.15, 0.2) is 17.1 Å². The lowest BCUT2D eigenvalue weighted by molar-refractivity contribution is 0.0695. The van der Waals surface area contributed by atoms with Gasteiger partial charge >= 0.3 is 5.97 Å². The van der Waals surface area contributed by atoms with Crippen molar-refractivity contribution in [2.24, 2.45) is 0 Å². The SMILES string of the molecule is COc1ccccc1Cn1c(=O)c(C(=O)O)c(-c2ccc3c(c2)OCCO3)c2oc3ccccc3c21. The number of carboxylic acid groups (broad SMARTS) is 1. The standard InChI is InChI=1S/C28H21NO7/c1-33-19-8-4-2-6-17(19)15-29-25-18-7-3-5-9-20(18)36-26(25)23(24(27(29)30)28(31)32)16-10-11-21-22(14-16)35-13-12-34-21/h2-11,14H,12-13,15H2,1H3,(H,31,32). The zero-order valence-corrected chi connectivity index (χ0v) is 19.3. The van der Waals surface area contributed by atoms with Crippen molar-refractivity contribution < 1.29 is 28.5 Å². The number of carboxylic acids is 1. The molecule has 0 saturated heterocycles. The van der Waals surface area contributed by atoms with Crippen molar-refractivity contribution in [1.82, 2.24) is 4.57 Å². The normalized spacial score (nSPS) is 12.7. The van der Waals surface area contributed by atoms with Crippen LogP contribution in [0.15, 0.2) is 75.9 Å². The van der Waals surface area contributed by atoms with E-state index >= 15 is 0 Å². The predicted octanol–water partition coefficient (Wildman–Crippen LogP) is 4.94. The first-order valence-electron chi connectivity index (χ1n) is 11.4. The van der Waals surface area contributed by atoms with E-state index in [-0.39, 0.29) is 17.7 Å². The number of benzene rings is 3. The van der Waals surface area contributed by atoms with Gasteiger partial charge in [-0.25, -0.2) is 4.79 Å². The van der Waals surface area contributed by atoms with Crippen LogP contribution in [0, 0.1) is 0 Å². The molecule has 0 amide bonds. The molecule has 1 aliphatic rings. The first-order chi connectivity index (χ1) is 17.6. The van der Waals surface area contributed by atoms with Gasteiger partial charge in [-0.3, -0.25) is 9.36 Å². The molecule has 1 aliphatic heterocycles. The summed E-state index contributed by atoms with van der Waals surface area (Å²) in [6.07, 6.45) is 0. The maximum atomic E-state index is 13.9. The van der Waals surface area contributed by atoms with Crippen molar-refractivity contribution in [3.63, 3.8) is 0 Å². The molecule has 8 heteroatoms. The minimum absolute atomic E-state index is 0.102. The molecule has 8 nitrogen and oxygen atoms in total. The molecule has 0 atom stereocenters. The van der Waals surface area contributed by atoms with Gasteiger partial charge in [-0.05, 0) is 35.9 Å². The highest BCUT2D eigenvalue weighted by atomic mass is 16.6. The van der Waals surface area contributed by atoms with E-state index in [1.165, 1.54) is 4.57 Å². The highest BCUT2D eigenvalue weighted by Gasteiger charge is 2.28. The van der Waals surface area contributed by atoms with Gasteiger partial charge in [0.05, 0.1) is 19.2 Å². The Hall–Kier alpha value is -4.72.